The van der Waals surface area contributed by atoms with Crippen LogP contribution in [0.2, 0.25) is 0 Å². The van der Waals surface area contributed by atoms with Gasteiger partial charge in [-0.3, -0.25) is 13.9 Å². The van der Waals surface area contributed by atoms with Crippen molar-refractivity contribution in [2.24, 2.45) is 0 Å². The first kappa shape index (κ1) is 31.8. The molecule has 1 N–H and O–H groups in total. The molecule has 220 valence electrons. The number of carbonyl (C=O) groups excluding carboxylic acids is 2. The fourth-order valence-electron chi connectivity index (χ4n) is 4.52. The van der Waals surface area contributed by atoms with Crippen LogP contribution in [0.15, 0.2) is 78.9 Å². The number of sulfonamides is 1. The first-order valence-corrected chi connectivity index (χ1v) is 15.8. The van der Waals surface area contributed by atoms with Gasteiger partial charge in [-0.05, 0) is 49.9 Å². The molecule has 0 spiro atoms. The Labute approximate surface area is 243 Å². The molecule has 0 aromatic heterocycles. The minimum absolute atomic E-state index is 0.0196. The molecule has 2 amide bonds. The Balaban J connectivity index is 1.89. The molecule has 7 nitrogen and oxygen atoms in total. The van der Waals surface area contributed by atoms with E-state index in [0.29, 0.717) is 6.42 Å². The number of rotatable bonds is 14. The van der Waals surface area contributed by atoms with Crippen molar-refractivity contribution in [2.45, 2.75) is 65.1 Å². The topological polar surface area (TPSA) is 86.8 Å². The van der Waals surface area contributed by atoms with Gasteiger partial charge in [0.15, 0.2) is 0 Å². The van der Waals surface area contributed by atoms with Crippen molar-refractivity contribution in [3.05, 3.63) is 101 Å². The second-order valence-corrected chi connectivity index (χ2v) is 12.3. The summed E-state index contributed by atoms with van der Waals surface area (Å²) >= 11 is 0. The van der Waals surface area contributed by atoms with Crippen molar-refractivity contribution in [1.29, 1.82) is 0 Å². The third kappa shape index (κ3) is 9.42. The molecule has 3 rings (SSSR count). The largest absolute Gasteiger partial charge is 0.352 e. The first-order valence-electron chi connectivity index (χ1n) is 13.9. The summed E-state index contributed by atoms with van der Waals surface area (Å²) in [6, 6.07) is 22.1. The van der Waals surface area contributed by atoms with Gasteiger partial charge in [-0.25, -0.2) is 12.8 Å². The summed E-state index contributed by atoms with van der Waals surface area (Å²) in [5.41, 5.74) is 2.81. The van der Waals surface area contributed by atoms with Gasteiger partial charge in [-0.1, -0.05) is 79.2 Å². The molecule has 0 radical (unpaired) electrons. The third-order valence-corrected chi connectivity index (χ3v) is 8.20. The van der Waals surface area contributed by atoms with E-state index in [1.807, 2.05) is 75.4 Å². The molecule has 9 heteroatoms. The number of benzene rings is 3. The van der Waals surface area contributed by atoms with Crippen LogP contribution in [0.25, 0.3) is 0 Å². The highest BCUT2D eigenvalue weighted by atomic mass is 32.2. The van der Waals surface area contributed by atoms with Gasteiger partial charge in [0, 0.05) is 32.0 Å². The Morgan fingerprint density at radius 2 is 1.56 bits per heavy atom. The van der Waals surface area contributed by atoms with Crippen molar-refractivity contribution in [1.82, 2.24) is 10.2 Å². The third-order valence-electron chi connectivity index (χ3n) is 7.02. The standard InChI is InChI=1S/C32H40FN3O4S/c1-5-25(3)34-32(38)30(22-26-12-7-6-8-13-26)35(23-27-19-17-24(2)18-20-27)31(37)16-11-21-36(41(4,39)40)29-15-10-9-14-28(29)33/h6-10,12-15,17-20,25,30H,5,11,16,21-23H2,1-4H3,(H,34,38)/t25-,30+/m1/s1. The van der Waals surface area contributed by atoms with Crippen LogP contribution in [-0.4, -0.2) is 50.0 Å². The summed E-state index contributed by atoms with van der Waals surface area (Å²) < 4.78 is 40.5. The van der Waals surface area contributed by atoms with Crippen molar-refractivity contribution in [3.63, 3.8) is 0 Å². The molecule has 0 heterocycles. The van der Waals surface area contributed by atoms with Crippen molar-refractivity contribution in [3.8, 4) is 0 Å². The minimum atomic E-state index is -3.79. The maximum Gasteiger partial charge on any atom is 0.243 e. The van der Waals surface area contributed by atoms with Gasteiger partial charge in [0.25, 0.3) is 0 Å². The van der Waals surface area contributed by atoms with Crippen LogP contribution in [0.3, 0.4) is 0 Å². The summed E-state index contributed by atoms with van der Waals surface area (Å²) in [5.74, 6) is -1.18. The monoisotopic (exact) mass is 581 g/mol. The molecule has 0 aliphatic heterocycles. The lowest BCUT2D eigenvalue weighted by molar-refractivity contribution is -0.141. The van der Waals surface area contributed by atoms with Crippen LogP contribution in [0, 0.1) is 12.7 Å². The fourth-order valence-corrected chi connectivity index (χ4v) is 5.49. The van der Waals surface area contributed by atoms with Crippen LogP contribution in [-0.2, 0) is 32.6 Å². The zero-order valence-corrected chi connectivity index (χ0v) is 25.0. The minimum Gasteiger partial charge on any atom is -0.352 e. The fraction of sp³-hybridized carbons (Fsp3) is 0.375. The van der Waals surface area contributed by atoms with E-state index < -0.39 is 21.9 Å². The Morgan fingerprint density at radius 3 is 2.17 bits per heavy atom. The summed E-state index contributed by atoms with van der Waals surface area (Å²) in [4.78, 5) is 29.0. The lowest BCUT2D eigenvalue weighted by Crippen LogP contribution is -2.52. The van der Waals surface area contributed by atoms with Crippen LogP contribution in [0.5, 0.6) is 0 Å². The highest BCUT2D eigenvalue weighted by Gasteiger charge is 2.31. The number of anilines is 1. The molecule has 41 heavy (non-hydrogen) atoms. The molecule has 2 atom stereocenters. The summed E-state index contributed by atoms with van der Waals surface area (Å²) in [6.07, 6.45) is 2.21. The maximum absolute atomic E-state index is 14.5. The lowest BCUT2D eigenvalue weighted by Gasteiger charge is -2.32. The first-order chi connectivity index (χ1) is 19.5. The van der Waals surface area contributed by atoms with E-state index in [0.717, 1.165) is 33.7 Å². The van der Waals surface area contributed by atoms with E-state index in [-0.39, 0.29) is 49.5 Å². The van der Waals surface area contributed by atoms with Gasteiger partial charge < -0.3 is 10.2 Å². The molecule has 0 fully saturated rings. The van der Waals surface area contributed by atoms with E-state index in [1.54, 1.807) is 11.0 Å². The van der Waals surface area contributed by atoms with Crippen molar-refractivity contribution in [2.75, 3.05) is 17.1 Å². The maximum atomic E-state index is 14.5. The average Bonchev–Trinajstić information content (AvgIpc) is 2.94. The molecular weight excluding hydrogens is 541 g/mol. The van der Waals surface area contributed by atoms with Crippen molar-refractivity contribution < 1.29 is 22.4 Å². The smallest absolute Gasteiger partial charge is 0.243 e. The van der Waals surface area contributed by atoms with E-state index in [2.05, 4.69) is 5.32 Å². The number of amides is 2. The number of nitrogens with one attached hydrogen (secondary N) is 1. The Hall–Kier alpha value is -3.72. The molecule has 0 saturated heterocycles. The van der Waals surface area contributed by atoms with Crippen LogP contribution < -0.4 is 9.62 Å². The second-order valence-electron chi connectivity index (χ2n) is 10.4. The zero-order valence-electron chi connectivity index (χ0n) is 24.2. The number of nitrogens with zero attached hydrogens (tertiary/aromatic N) is 2. The molecule has 0 aliphatic carbocycles. The predicted octanol–water partition coefficient (Wildman–Crippen LogP) is 5.24. The van der Waals surface area contributed by atoms with E-state index in [1.165, 1.54) is 18.2 Å². The summed E-state index contributed by atoms with van der Waals surface area (Å²) in [7, 11) is -3.79. The molecule has 0 aliphatic rings. The quantitative estimate of drug-likeness (QED) is 0.282. The van der Waals surface area contributed by atoms with Crippen LogP contribution >= 0.6 is 0 Å². The number of carbonyl (C=O) groups is 2. The zero-order chi connectivity index (χ0) is 30.0. The number of aryl methyl sites for hydroxylation is 1. The highest BCUT2D eigenvalue weighted by Crippen LogP contribution is 2.23. The Kier molecular flexibility index (Phi) is 11.5. The Morgan fingerprint density at radius 1 is 0.927 bits per heavy atom. The van der Waals surface area contributed by atoms with Gasteiger partial charge in [-0.2, -0.15) is 0 Å². The van der Waals surface area contributed by atoms with Crippen LogP contribution in [0.1, 0.15) is 49.8 Å². The molecule has 3 aromatic rings. The number of para-hydroxylation sites is 1. The number of hydrogen-bond acceptors (Lipinski definition) is 4. The van der Waals surface area contributed by atoms with Crippen molar-refractivity contribution >= 4 is 27.5 Å². The van der Waals surface area contributed by atoms with Gasteiger partial charge in [-0.15, -0.1) is 0 Å². The average molecular weight is 582 g/mol. The molecule has 3 aromatic carbocycles. The summed E-state index contributed by atoms with van der Waals surface area (Å²) in [5, 5.41) is 3.04. The molecular formula is C32H40FN3O4S. The van der Waals surface area contributed by atoms with E-state index in [9.17, 15) is 22.4 Å². The predicted molar refractivity (Wildman–Crippen MR) is 161 cm³/mol. The SMILES string of the molecule is CC[C@@H](C)NC(=O)[C@H](Cc1ccccc1)N(Cc1ccc(C)cc1)C(=O)CCCN(c1ccccc1F)S(C)(=O)=O. The molecule has 0 bridgehead atoms. The van der Waals surface area contributed by atoms with E-state index >= 15 is 0 Å². The number of hydrogen-bond donors (Lipinski definition) is 1. The van der Waals surface area contributed by atoms with Gasteiger partial charge in [0.05, 0.1) is 11.9 Å². The number of halogens is 1. The highest BCUT2D eigenvalue weighted by molar-refractivity contribution is 7.92. The lowest BCUT2D eigenvalue weighted by atomic mass is 10.0. The molecule has 0 unspecified atom stereocenters. The van der Waals surface area contributed by atoms with E-state index in [4.69, 9.17) is 0 Å². The summed E-state index contributed by atoms with van der Waals surface area (Å²) in [6.45, 7) is 6.02. The van der Waals surface area contributed by atoms with Gasteiger partial charge in [0.1, 0.15) is 11.9 Å². The molecule has 0 saturated carbocycles. The second kappa shape index (κ2) is 14.8. The van der Waals surface area contributed by atoms with Gasteiger partial charge >= 0.3 is 0 Å². The van der Waals surface area contributed by atoms with Gasteiger partial charge in [0.2, 0.25) is 21.8 Å². The van der Waals surface area contributed by atoms with Crippen LogP contribution in [0.4, 0.5) is 10.1 Å². The normalized spacial score (nSPS) is 12.8. The Bertz CT molecular complexity index is 1400.